The molecule has 0 saturated carbocycles. The van der Waals surface area contributed by atoms with Crippen molar-refractivity contribution in [3.8, 4) is 5.75 Å². The molecule has 0 aromatic heterocycles. The summed E-state index contributed by atoms with van der Waals surface area (Å²) in [6.07, 6.45) is 0.281. The maximum Gasteiger partial charge on any atom is 0.322 e. The molecule has 4 nitrogen and oxygen atoms in total. The van der Waals surface area contributed by atoms with Gasteiger partial charge in [0.15, 0.2) is 11.6 Å². The number of hydrogen-bond donors (Lipinski definition) is 1. The van der Waals surface area contributed by atoms with Crippen molar-refractivity contribution in [3.05, 3.63) is 29.6 Å². The molecule has 0 aliphatic heterocycles. The monoisotopic (exact) mass is 227 g/mol. The smallest absolute Gasteiger partial charge is 0.322 e. The highest BCUT2D eigenvalue weighted by Gasteiger charge is 2.15. The highest BCUT2D eigenvalue weighted by molar-refractivity contribution is 5.75. The summed E-state index contributed by atoms with van der Waals surface area (Å²) in [5.41, 5.74) is 6.30. The van der Waals surface area contributed by atoms with Crippen molar-refractivity contribution in [3.63, 3.8) is 0 Å². The molecule has 0 bridgehead atoms. The Hall–Kier alpha value is -1.62. The van der Waals surface area contributed by atoms with Crippen molar-refractivity contribution in [2.24, 2.45) is 5.73 Å². The van der Waals surface area contributed by atoms with E-state index in [2.05, 4.69) is 4.74 Å². The lowest BCUT2D eigenvalue weighted by Crippen LogP contribution is -2.33. The lowest BCUT2D eigenvalue weighted by atomic mass is 10.1. The summed E-state index contributed by atoms with van der Waals surface area (Å²) in [7, 11) is 2.65. The Labute approximate surface area is 93.2 Å². The van der Waals surface area contributed by atoms with E-state index in [1.807, 2.05) is 0 Å². The van der Waals surface area contributed by atoms with Gasteiger partial charge in [0.05, 0.1) is 14.2 Å². The molecule has 88 valence electrons. The van der Waals surface area contributed by atoms with E-state index in [1.54, 1.807) is 6.07 Å². The van der Waals surface area contributed by atoms with Crippen molar-refractivity contribution in [2.75, 3.05) is 14.2 Å². The largest absolute Gasteiger partial charge is 0.494 e. The normalized spacial score (nSPS) is 12.0. The van der Waals surface area contributed by atoms with Crippen molar-refractivity contribution < 1.29 is 18.7 Å². The first kappa shape index (κ1) is 12.4. The molecule has 0 radical (unpaired) electrons. The van der Waals surface area contributed by atoms with E-state index < -0.39 is 17.8 Å². The predicted molar refractivity (Wildman–Crippen MR) is 56.6 cm³/mol. The maximum atomic E-state index is 13.1. The molecule has 1 aromatic carbocycles. The van der Waals surface area contributed by atoms with E-state index in [4.69, 9.17) is 10.5 Å². The number of nitrogens with two attached hydrogens (primary N) is 1. The zero-order valence-electron chi connectivity index (χ0n) is 9.20. The molecule has 1 atom stereocenters. The molecule has 0 heterocycles. The molecule has 0 amide bonds. The zero-order valence-corrected chi connectivity index (χ0v) is 9.20. The second kappa shape index (κ2) is 5.46. The molecule has 0 aliphatic carbocycles. The molecule has 0 aliphatic rings. The lowest BCUT2D eigenvalue weighted by Gasteiger charge is -2.10. The second-order valence-electron chi connectivity index (χ2n) is 3.30. The van der Waals surface area contributed by atoms with Crippen molar-refractivity contribution in [2.45, 2.75) is 12.5 Å². The fourth-order valence-electron chi connectivity index (χ4n) is 1.32. The zero-order chi connectivity index (χ0) is 12.1. The molecule has 0 spiro atoms. The van der Waals surface area contributed by atoms with Crippen LogP contribution >= 0.6 is 0 Å². The summed E-state index contributed by atoms with van der Waals surface area (Å²) in [4.78, 5) is 11.1. The average Bonchev–Trinajstić information content (AvgIpc) is 2.30. The van der Waals surface area contributed by atoms with Gasteiger partial charge in [-0.3, -0.25) is 4.79 Å². The lowest BCUT2D eigenvalue weighted by molar-refractivity contribution is -0.142. The third-order valence-electron chi connectivity index (χ3n) is 2.18. The highest BCUT2D eigenvalue weighted by Crippen LogP contribution is 2.18. The van der Waals surface area contributed by atoms with Gasteiger partial charge in [0.1, 0.15) is 6.04 Å². The van der Waals surface area contributed by atoms with Gasteiger partial charge < -0.3 is 15.2 Å². The predicted octanol–water partition coefficient (Wildman–Crippen LogP) is 0.877. The van der Waals surface area contributed by atoms with E-state index in [0.717, 1.165) is 5.56 Å². The van der Waals surface area contributed by atoms with Crippen molar-refractivity contribution in [1.82, 2.24) is 0 Å². The van der Waals surface area contributed by atoms with Crippen LogP contribution in [0.2, 0.25) is 0 Å². The minimum atomic E-state index is -0.750. The van der Waals surface area contributed by atoms with Crippen LogP contribution in [0.25, 0.3) is 0 Å². The van der Waals surface area contributed by atoms with Gasteiger partial charge in [0, 0.05) is 0 Å². The average molecular weight is 227 g/mol. The molecule has 1 rings (SSSR count). The Morgan fingerprint density at radius 1 is 1.50 bits per heavy atom. The molecular formula is C11H14FNO3. The number of benzene rings is 1. The van der Waals surface area contributed by atoms with Crippen LogP contribution in [0.1, 0.15) is 5.56 Å². The number of ether oxygens (including phenoxy) is 2. The minimum absolute atomic E-state index is 0.134. The summed E-state index contributed by atoms with van der Waals surface area (Å²) in [6.45, 7) is 0. The third kappa shape index (κ3) is 2.93. The Balaban J connectivity index is 2.78. The van der Waals surface area contributed by atoms with Gasteiger partial charge in [-0.05, 0) is 24.1 Å². The van der Waals surface area contributed by atoms with Crippen LogP contribution in [0.4, 0.5) is 4.39 Å². The topological polar surface area (TPSA) is 61.5 Å². The van der Waals surface area contributed by atoms with Crippen LogP contribution in [-0.4, -0.2) is 26.2 Å². The number of hydrogen-bond acceptors (Lipinski definition) is 4. The van der Waals surface area contributed by atoms with Crippen molar-refractivity contribution in [1.29, 1.82) is 0 Å². The van der Waals surface area contributed by atoms with Gasteiger partial charge in [0.2, 0.25) is 0 Å². The fourth-order valence-corrected chi connectivity index (χ4v) is 1.32. The Kier molecular flexibility index (Phi) is 4.25. The van der Waals surface area contributed by atoms with Gasteiger partial charge in [0.25, 0.3) is 0 Å². The first-order valence-corrected chi connectivity index (χ1v) is 4.74. The van der Waals surface area contributed by atoms with E-state index in [1.165, 1.54) is 26.4 Å². The molecular weight excluding hydrogens is 213 g/mol. The molecule has 16 heavy (non-hydrogen) atoms. The van der Waals surface area contributed by atoms with Crippen LogP contribution < -0.4 is 10.5 Å². The number of methoxy groups -OCH3 is 2. The standard InChI is InChI=1S/C11H14FNO3/c1-15-10-6-7(3-4-8(10)12)5-9(13)11(14)16-2/h3-4,6,9H,5,13H2,1-2H3/t9-/m0/s1. The summed E-state index contributed by atoms with van der Waals surface area (Å²) < 4.78 is 22.4. The van der Waals surface area contributed by atoms with Gasteiger partial charge in [-0.2, -0.15) is 0 Å². The molecule has 0 saturated heterocycles. The number of carbonyl (C=O) groups is 1. The summed E-state index contributed by atoms with van der Waals surface area (Å²) in [6, 6.07) is 3.59. The third-order valence-corrected chi connectivity index (χ3v) is 2.18. The molecule has 0 unspecified atom stereocenters. The number of esters is 1. The molecule has 5 heteroatoms. The molecule has 2 N–H and O–H groups in total. The fraction of sp³-hybridized carbons (Fsp3) is 0.364. The van der Waals surface area contributed by atoms with Crippen LogP contribution in [0.5, 0.6) is 5.75 Å². The van der Waals surface area contributed by atoms with Gasteiger partial charge in [-0.25, -0.2) is 4.39 Å². The number of carbonyl (C=O) groups excluding carboxylic acids is 1. The first-order chi connectivity index (χ1) is 7.58. The first-order valence-electron chi connectivity index (χ1n) is 4.74. The van der Waals surface area contributed by atoms with Gasteiger partial charge >= 0.3 is 5.97 Å². The molecule has 1 aromatic rings. The summed E-state index contributed by atoms with van der Waals surface area (Å²) in [5.74, 6) is -0.809. The van der Waals surface area contributed by atoms with Gasteiger partial charge in [-0.1, -0.05) is 6.07 Å². The van der Waals surface area contributed by atoms with E-state index in [0.29, 0.717) is 0 Å². The van der Waals surface area contributed by atoms with Gasteiger partial charge in [-0.15, -0.1) is 0 Å². The van der Waals surface area contributed by atoms with E-state index in [9.17, 15) is 9.18 Å². The van der Waals surface area contributed by atoms with Crippen LogP contribution in [0.3, 0.4) is 0 Å². The molecule has 0 fully saturated rings. The number of rotatable bonds is 4. The van der Waals surface area contributed by atoms with E-state index >= 15 is 0 Å². The minimum Gasteiger partial charge on any atom is -0.494 e. The Bertz CT molecular complexity index is 381. The number of halogens is 1. The Morgan fingerprint density at radius 2 is 2.19 bits per heavy atom. The van der Waals surface area contributed by atoms with Crippen LogP contribution in [-0.2, 0) is 16.0 Å². The van der Waals surface area contributed by atoms with Crippen LogP contribution in [0.15, 0.2) is 18.2 Å². The Morgan fingerprint density at radius 3 is 2.75 bits per heavy atom. The van der Waals surface area contributed by atoms with E-state index in [-0.39, 0.29) is 12.2 Å². The van der Waals surface area contributed by atoms with Crippen molar-refractivity contribution >= 4 is 5.97 Å². The highest BCUT2D eigenvalue weighted by atomic mass is 19.1. The SMILES string of the molecule is COC(=O)[C@@H](N)Cc1ccc(F)c(OC)c1. The maximum absolute atomic E-state index is 13.1. The summed E-state index contributed by atoms with van der Waals surface area (Å²) >= 11 is 0. The quantitative estimate of drug-likeness (QED) is 0.775. The van der Waals surface area contributed by atoms with Crippen LogP contribution in [0, 0.1) is 5.82 Å². The summed E-state index contributed by atoms with van der Waals surface area (Å²) in [5, 5.41) is 0. The second-order valence-corrected chi connectivity index (χ2v) is 3.30.